The highest BCUT2D eigenvalue weighted by Gasteiger charge is 2.37. The lowest BCUT2D eigenvalue weighted by molar-refractivity contribution is -0.144. The Labute approximate surface area is 141 Å². The summed E-state index contributed by atoms with van der Waals surface area (Å²) in [6, 6.07) is 5.62. The Bertz CT molecular complexity index is 905. The standard InChI is InChI=1S/C16H15F3N6/c1-10-8-13(25-15(21-10)22-14(23-25)16(17,18)19)24-7-3-5-12(24)11-4-2-6-20-9-11/h2,4,6,8-9,12H,3,5,7H2,1H3. The third-order valence-electron chi connectivity index (χ3n) is 4.29. The Kier molecular flexibility index (Phi) is 3.59. The van der Waals surface area contributed by atoms with Crippen LogP contribution in [0.2, 0.25) is 0 Å². The van der Waals surface area contributed by atoms with Gasteiger partial charge in [0.05, 0.1) is 6.04 Å². The molecule has 130 valence electrons. The monoisotopic (exact) mass is 348 g/mol. The zero-order chi connectivity index (χ0) is 17.6. The van der Waals surface area contributed by atoms with Crippen molar-refractivity contribution >= 4 is 11.6 Å². The highest BCUT2D eigenvalue weighted by Crippen LogP contribution is 2.36. The summed E-state index contributed by atoms with van der Waals surface area (Å²) in [5.74, 6) is -0.653. The molecule has 3 aromatic rings. The van der Waals surface area contributed by atoms with Crippen molar-refractivity contribution in [2.75, 3.05) is 11.4 Å². The van der Waals surface area contributed by atoms with Gasteiger partial charge in [0.25, 0.3) is 11.6 Å². The lowest BCUT2D eigenvalue weighted by Gasteiger charge is -2.27. The molecule has 1 atom stereocenters. The molecule has 0 saturated carbocycles. The minimum Gasteiger partial charge on any atom is -0.349 e. The molecule has 3 aromatic heterocycles. The lowest BCUT2D eigenvalue weighted by Crippen LogP contribution is -2.25. The normalized spacial score (nSPS) is 18.2. The summed E-state index contributed by atoms with van der Waals surface area (Å²) >= 11 is 0. The molecule has 1 aliphatic rings. The van der Waals surface area contributed by atoms with Crippen LogP contribution in [0.1, 0.15) is 36.0 Å². The van der Waals surface area contributed by atoms with Crippen molar-refractivity contribution in [2.45, 2.75) is 32.0 Å². The summed E-state index contributed by atoms with van der Waals surface area (Å²) in [5, 5.41) is 3.66. The van der Waals surface area contributed by atoms with Gasteiger partial charge in [-0.25, -0.2) is 4.98 Å². The third kappa shape index (κ3) is 2.79. The van der Waals surface area contributed by atoms with E-state index in [1.54, 1.807) is 25.4 Å². The number of aromatic nitrogens is 5. The summed E-state index contributed by atoms with van der Waals surface area (Å²) in [6.07, 6.45) is 0.715. The van der Waals surface area contributed by atoms with E-state index in [4.69, 9.17) is 0 Å². The fraction of sp³-hybridized carbons (Fsp3) is 0.375. The van der Waals surface area contributed by atoms with Gasteiger partial charge < -0.3 is 4.90 Å². The first kappa shape index (κ1) is 15.8. The Hall–Kier alpha value is -2.71. The summed E-state index contributed by atoms with van der Waals surface area (Å²) in [4.78, 5) is 13.8. The number of halogens is 3. The van der Waals surface area contributed by atoms with Crippen LogP contribution in [0, 0.1) is 6.92 Å². The molecule has 0 amide bonds. The smallest absolute Gasteiger partial charge is 0.349 e. The van der Waals surface area contributed by atoms with Crippen LogP contribution in [0.4, 0.5) is 19.0 Å². The fourth-order valence-corrected chi connectivity index (χ4v) is 3.25. The van der Waals surface area contributed by atoms with Crippen molar-refractivity contribution in [1.29, 1.82) is 0 Å². The summed E-state index contributed by atoms with van der Waals surface area (Å²) in [7, 11) is 0. The maximum Gasteiger partial charge on any atom is 0.453 e. The third-order valence-corrected chi connectivity index (χ3v) is 4.29. The van der Waals surface area contributed by atoms with Gasteiger partial charge in [-0.2, -0.15) is 22.7 Å². The SMILES string of the molecule is Cc1cc(N2CCCC2c2cccnc2)n2nc(C(F)(F)F)nc2n1. The molecule has 0 aliphatic carbocycles. The Morgan fingerprint density at radius 3 is 2.80 bits per heavy atom. The minimum absolute atomic E-state index is 0.0391. The van der Waals surface area contributed by atoms with Crippen molar-refractivity contribution in [3.63, 3.8) is 0 Å². The number of hydrogen-bond donors (Lipinski definition) is 0. The predicted molar refractivity (Wildman–Crippen MR) is 84.1 cm³/mol. The molecule has 0 N–H and O–H groups in total. The zero-order valence-electron chi connectivity index (χ0n) is 13.4. The number of anilines is 1. The predicted octanol–water partition coefficient (Wildman–Crippen LogP) is 3.19. The number of nitrogens with zero attached hydrogens (tertiary/aromatic N) is 6. The van der Waals surface area contributed by atoms with E-state index >= 15 is 0 Å². The van der Waals surface area contributed by atoms with Gasteiger partial charge in [0.1, 0.15) is 5.82 Å². The first-order valence-electron chi connectivity index (χ1n) is 7.91. The van der Waals surface area contributed by atoms with Crippen LogP contribution in [0.5, 0.6) is 0 Å². The molecule has 1 fully saturated rings. The van der Waals surface area contributed by atoms with E-state index < -0.39 is 12.0 Å². The van der Waals surface area contributed by atoms with Gasteiger partial charge in [0.15, 0.2) is 0 Å². The molecule has 0 aromatic carbocycles. The van der Waals surface area contributed by atoms with Gasteiger partial charge in [-0.15, -0.1) is 5.10 Å². The molecule has 1 aliphatic heterocycles. The summed E-state index contributed by atoms with van der Waals surface area (Å²) < 4.78 is 40.2. The van der Waals surface area contributed by atoms with E-state index in [1.807, 2.05) is 17.0 Å². The number of rotatable bonds is 2. The first-order chi connectivity index (χ1) is 11.9. The van der Waals surface area contributed by atoms with Gasteiger partial charge in [-0.3, -0.25) is 4.98 Å². The number of pyridine rings is 1. The van der Waals surface area contributed by atoms with Gasteiger partial charge in [0.2, 0.25) is 0 Å². The molecule has 4 heterocycles. The Balaban J connectivity index is 1.84. The average molecular weight is 348 g/mol. The molecule has 1 saturated heterocycles. The van der Waals surface area contributed by atoms with Gasteiger partial charge >= 0.3 is 6.18 Å². The molecule has 4 rings (SSSR count). The van der Waals surface area contributed by atoms with Gasteiger partial charge in [-0.05, 0) is 31.4 Å². The summed E-state index contributed by atoms with van der Waals surface area (Å²) in [6.45, 7) is 2.46. The van der Waals surface area contributed by atoms with E-state index in [2.05, 4.69) is 20.1 Å². The van der Waals surface area contributed by atoms with E-state index in [9.17, 15) is 13.2 Å². The zero-order valence-corrected chi connectivity index (χ0v) is 13.4. The van der Waals surface area contributed by atoms with Gasteiger partial charge in [-0.1, -0.05) is 6.07 Å². The van der Waals surface area contributed by atoms with Crippen LogP contribution >= 0.6 is 0 Å². The van der Waals surface area contributed by atoms with Crippen LogP contribution in [0.3, 0.4) is 0 Å². The number of fused-ring (bicyclic) bond motifs is 1. The van der Waals surface area contributed by atoms with E-state index in [0.717, 1.165) is 24.9 Å². The fourth-order valence-electron chi connectivity index (χ4n) is 3.25. The maximum atomic E-state index is 13.0. The highest BCUT2D eigenvalue weighted by molar-refractivity contribution is 5.50. The van der Waals surface area contributed by atoms with Crippen LogP contribution in [0.25, 0.3) is 5.78 Å². The second-order valence-corrected chi connectivity index (χ2v) is 6.04. The molecule has 1 unspecified atom stereocenters. The van der Waals surface area contributed by atoms with Crippen LogP contribution in [-0.4, -0.2) is 31.1 Å². The van der Waals surface area contributed by atoms with Crippen molar-refractivity contribution in [2.24, 2.45) is 0 Å². The second-order valence-electron chi connectivity index (χ2n) is 6.04. The first-order valence-corrected chi connectivity index (χ1v) is 7.91. The number of hydrogen-bond acceptors (Lipinski definition) is 5. The second kappa shape index (κ2) is 5.68. The minimum atomic E-state index is -4.60. The average Bonchev–Trinajstić information content (AvgIpc) is 3.21. The molecule has 9 heteroatoms. The molecule has 0 radical (unpaired) electrons. The molecular formula is C16H15F3N6. The van der Waals surface area contributed by atoms with Crippen molar-refractivity contribution < 1.29 is 13.2 Å². The van der Waals surface area contributed by atoms with Crippen LogP contribution in [-0.2, 0) is 6.18 Å². The Morgan fingerprint density at radius 1 is 1.24 bits per heavy atom. The maximum absolute atomic E-state index is 13.0. The molecule has 0 spiro atoms. The van der Waals surface area contributed by atoms with Crippen LogP contribution < -0.4 is 4.90 Å². The number of aryl methyl sites for hydroxylation is 1. The largest absolute Gasteiger partial charge is 0.453 e. The summed E-state index contributed by atoms with van der Waals surface area (Å²) in [5.41, 5.74) is 1.62. The Morgan fingerprint density at radius 2 is 2.08 bits per heavy atom. The number of alkyl halides is 3. The molecule has 6 nitrogen and oxygen atoms in total. The van der Waals surface area contributed by atoms with Crippen molar-refractivity contribution in [1.82, 2.24) is 24.6 Å². The molecular weight excluding hydrogens is 333 g/mol. The molecule has 0 bridgehead atoms. The van der Waals surface area contributed by atoms with Crippen molar-refractivity contribution in [3.05, 3.63) is 47.7 Å². The van der Waals surface area contributed by atoms with Gasteiger partial charge in [0, 0.05) is 30.7 Å². The highest BCUT2D eigenvalue weighted by atomic mass is 19.4. The van der Waals surface area contributed by atoms with E-state index in [1.165, 1.54) is 4.52 Å². The van der Waals surface area contributed by atoms with E-state index in [-0.39, 0.29) is 11.8 Å². The van der Waals surface area contributed by atoms with Crippen LogP contribution in [0.15, 0.2) is 30.6 Å². The van der Waals surface area contributed by atoms with Crippen molar-refractivity contribution in [3.8, 4) is 0 Å². The topological polar surface area (TPSA) is 59.2 Å². The lowest BCUT2D eigenvalue weighted by atomic mass is 10.1. The molecule has 25 heavy (non-hydrogen) atoms. The quantitative estimate of drug-likeness (QED) is 0.712. The van der Waals surface area contributed by atoms with E-state index in [0.29, 0.717) is 11.5 Å².